The minimum atomic E-state index is -0.00489. The number of ether oxygens (including phenoxy) is 2. The van der Waals surface area contributed by atoms with Crippen LogP contribution < -0.4 is 4.74 Å². The first-order valence-electron chi connectivity index (χ1n) is 4.37. The van der Waals surface area contributed by atoms with Crippen LogP contribution in [0.15, 0.2) is 18.2 Å². The number of fused-ring (bicyclic) bond motifs is 5. The molecule has 0 saturated carbocycles. The smallest absolute Gasteiger partial charge is 0.221 e. The molecule has 1 aromatic rings. The van der Waals surface area contributed by atoms with Gasteiger partial charge < -0.3 is 9.47 Å². The molecule has 2 unspecified atom stereocenters. The Morgan fingerprint density at radius 1 is 1.43 bits per heavy atom. The molecule has 0 radical (unpaired) electrons. The summed E-state index contributed by atoms with van der Waals surface area (Å²) in [5.74, 6) is 0.573. The summed E-state index contributed by atoms with van der Waals surface area (Å²) in [6.45, 7) is 0. The van der Waals surface area contributed by atoms with Gasteiger partial charge in [-0.2, -0.15) is 0 Å². The number of halogens is 1. The first-order valence-corrected chi connectivity index (χ1v) is 4.75. The topological polar surface area (TPSA) is 31.4 Å². The van der Waals surface area contributed by atoms with E-state index in [1.807, 2.05) is 18.2 Å². The summed E-state index contributed by atoms with van der Waals surface area (Å²) in [5.41, 5.74) is 2.10. The van der Waals surface area contributed by atoms with Crippen LogP contribution >= 0.6 is 11.6 Å². The summed E-state index contributed by atoms with van der Waals surface area (Å²) in [6.07, 6.45) is 4.08. The van der Waals surface area contributed by atoms with Crippen molar-refractivity contribution in [3.8, 4) is 5.88 Å². The molecule has 0 aromatic carbocycles. The number of pyridine rings is 1. The Labute approximate surface area is 86.3 Å². The number of hydrogen-bond donors (Lipinski definition) is 0. The van der Waals surface area contributed by atoms with Gasteiger partial charge in [-0.3, -0.25) is 0 Å². The highest BCUT2D eigenvalue weighted by molar-refractivity contribution is 6.29. The van der Waals surface area contributed by atoms with Gasteiger partial charge in [0.25, 0.3) is 0 Å². The van der Waals surface area contributed by atoms with Crippen molar-refractivity contribution in [2.75, 3.05) is 7.11 Å². The van der Waals surface area contributed by atoms with E-state index in [2.05, 4.69) is 4.98 Å². The van der Waals surface area contributed by atoms with Gasteiger partial charge in [-0.05, 0) is 11.6 Å². The Morgan fingerprint density at radius 3 is 3.00 bits per heavy atom. The van der Waals surface area contributed by atoms with E-state index >= 15 is 0 Å². The Morgan fingerprint density at radius 2 is 2.21 bits per heavy atom. The second-order valence-electron chi connectivity index (χ2n) is 3.32. The summed E-state index contributed by atoms with van der Waals surface area (Å²) in [4.78, 5) is 4.11. The molecule has 0 N–H and O–H groups in total. The maximum Gasteiger partial charge on any atom is 0.221 e. The minimum Gasteiger partial charge on any atom is -0.481 e. The van der Waals surface area contributed by atoms with Crippen molar-refractivity contribution in [2.24, 2.45) is 0 Å². The lowest BCUT2D eigenvalue weighted by molar-refractivity contribution is 0.0868. The average molecular weight is 210 g/mol. The fourth-order valence-corrected chi connectivity index (χ4v) is 2.18. The van der Waals surface area contributed by atoms with Gasteiger partial charge >= 0.3 is 0 Å². The predicted octanol–water partition coefficient (Wildman–Crippen LogP) is 2.43. The average Bonchev–Trinajstić information content (AvgIpc) is 2.76. The predicted molar refractivity (Wildman–Crippen MR) is 51.5 cm³/mol. The van der Waals surface area contributed by atoms with Gasteiger partial charge in [-0.1, -0.05) is 23.8 Å². The molecule has 0 spiro atoms. The van der Waals surface area contributed by atoms with Gasteiger partial charge in [0.1, 0.15) is 17.4 Å². The molecule has 2 aliphatic heterocycles. The third kappa shape index (κ3) is 0.938. The van der Waals surface area contributed by atoms with Crippen LogP contribution in [0.4, 0.5) is 0 Å². The van der Waals surface area contributed by atoms with E-state index in [9.17, 15) is 0 Å². The molecule has 2 bridgehead atoms. The van der Waals surface area contributed by atoms with E-state index in [0.29, 0.717) is 11.0 Å². The maximum atomic E-state index is 5.87. The van der Waals surface area contributed by atoms with E-state index < -0.39 is 0 Å². The van der Waals surface area contributed by atoms with Crippen molar-refractivity contribution >= 4 is 11.6 Å². The van der Waals surface area contributed by atoms with E-state index in [0.717, 1.165) is 11.1 Å². The van der Waals surface area contributed by atoms with Gasteiger partial charge in [0.05, 0.1) is 12.7 Å². The van der Waals surface area contributed by atoms with E-state index in [4.69, 9.17) is 21.1 Å². The van der Waals surface area contributed by atoms with Crippen LogP contribution in [-0.2, 0) is 4.74 Å². The maximum absolute atomic E-state index is 5.87. The Hall–Kier alpha value is -1.06. The number of methoxy groups -OCH3 is 1. The standard InChI is InChI=1S/C10H8ClNO2/c1-13-10-9-5(4-8(11)12-10)6-2-3-7(9)14-6/h2-4,6-7H,1H3. The monoisotopic (exact) mass is 209 g/mol. The Bertz CT molecular complexity index is 430. The van der Waals surface area contributed by atoms with E-state index in [1.54, 1.807) is 7.11 Å². The summed E-state index contributed by atoms with van der Waals surface area (Å²) < 4.78 is 10.8. The third-order valence-electron chi connectivity index (χ3n) is 2.56. The largest absolute Gasteiger partial charge is 0.481 e. The normalized spacial score (nSPS) is 26.7. The summed E-state index contributed by atoms with van der Waals surface area (Å²) >= 11 is 5.87. The SMILES string of the molecule is COc1nc(Cl)cc2c1C1C=CC2O1. The zero-order chi connectivity index (χ0) is 9.71. The molecule has 1 aromatic heterocycles. The minimum absolute atomic E-state index is 0.00489. The quantitative estimate of drug-likeness (QED) is 0.526. The van der Waals surface area contributed by atoms with Crippen molar-refractivity contribution < 1.29 is 9.47 Å². The zero-order valence-corrected chi connectivity index (χ0v) is 8.28. The fraction of sp³-hybridized carbons (Fsp3) is 0.300. The second-order valence-corrected chi connectivity index (χ2v) is 3.71. The lowest BCUT2D eigenvalue weighted by atomic mass is 9.99. The van der Waals surface area contributed by atoms with Gasteiger partial charge in [0.2, 0.25) is 5.88 Å². The van der Waals surface area contributed by atoms with Gasteiger partial charge in [0, 0.05) is 0 Å². The molecule has 0 aliphatic carbocycles. The van der Waals surface area contributed by atoms with Crippen LogP contribution in [0.3, 0.4) is 0 Å². The Balaban J connectivity index is 2.24. The molecular formula is C10H8ClNO2. The fourth-order valence-electron chi connectivity index (χ4n) is 1.99. The molecule has 3 nitrogen and oxygen atoms in total. The number of rotatable bonds is 1. The summed E-state index contributed by atoms with van der Waals surface area (Å²) in [7, 11) is 1.59. The first-order chi connectivity index (χ1) is 6.79. The van der Waals surface area contributed by atoms with Crippen LogP contribution in [0.1, 0.15) is 23.3 Å². The lowest BCUT2D eigenvalue weighted by Gasteiger charge is -2.10. The highest BCUT2D eigenvalue weighted by Gasteiger charge is 2.37. The molecule has 2 atom stereocenters. The van der Waals surface area contributed by atoms with Crippen LogP contribution in [0.25, 0.3) is 0 Å². The Kier molecular flexibility index (Phi) is 1.60. The van der Waals surface area contributed by atoms with Crippen LogP contribution in [0.5, 0.6) is 5.88 Å². The molecule has 3 rings (SSSR count). The summed E-state index contributed by atoms with van der Waals surface area (Å²) in [6, 6.07) is 1.84. The van der Waals surface area contributed by atoms with Crippen molar-refractivity contribution in [1.82, 2.24) is 4.98 Å². The molecule has 3 heterocycles. The highest BCUT2D eigenvalue weighted by Crippen LogP contribution is 2.49. The lowest BCUT2D eigenvalue weighted by Crippen LogP contribution is -2.00. The summed E-state index contributed by atoms with van der Waals surface area (Å²) in [5, 5.41) is 0.449. The van der Waals surface area contributed by atoms with Crippen molar-refractivity contribution in [3.63, 3.8) is 0 Å². The molecule has 0 saturated heterocycles. The van der Waals surface area contributed by atoms with Gasteiger partial charge in [-0.15, -0.1) is 0 Å². The number of hydrogen-bond acceptors (Lipinski definition) is 3. The molecule has 4 heteroatoms. The molecule has 14 heavy (non-hydrogen) atoms. The van der Waals surface area contributed by atoms with Gasteiger partial charge in [0.15, 0.2) is 0 Å². The van der Waals surface area contributed by atoms with Crippen molar-refractivity contribution in [3.05, 3.63) is 34.5 Å². The molecule has 2 aliphatic rings. The van der Waals surface area contributed by atoms with Crippen molar-refractivity contribution in [2.45, 2.75) is 12.2 Å². The number of aromatic nitrogens is 1. The van der Waals surface area contributed by atoms with E-state index in [1.165, 1.54) is 0 Å². The van der Waals surface area contributed by atoms with Crippen LogP contribution in [0.2, 0.25) is 5.15 Å². The third-order valence-corrected chi connectivity index (χ3v) is 2.76. The molecular weight excluding hydrogens is 202 g/mol. The highest BCUT2D eigenvalue weighted by atomic mass is 35.5. The second kappa shape index (κ2) is 2.72. The first kappa shape index (κ1) is 8.26. The molecule has 0 amide bonds. The van der Waals surface area contributed by atoms with Crippen molar-refractivity contribution in [1.29, 1.82) is 0 Å². The van der Waals surface area contributed by atoms with Crippen LogP contribution in [0, 0.1) is 0 Å². The van der Waals surface area contributed by atoms with E-state index in [-0.39, 0.29) is 12.2 Å². The molecule has 0 fully saturated rings. The molecule has 72 valence electrons. The number of nitrogens with zero attached hydrogens (tertiary/aromatic N) is 1. The van der Waals surface area contributed by atoms with Gasteiger partial charge in [-0.25, -0.2) is 4.98 Å². The van der Waals surface area contributed by atoms with Crippen LogP contribution in [-0.4, -0.2) is 12.1 Å². The zero-order valence-electron chi connectivity index (χ0n) is 7.53.